The van der Waals surface area contributed by atoms with Crippen LogP contribution in [0.3, 0.4) is 0 Å². The van der Waals surface area contributed by atoms with Gasteiger partial charge in [0.15, 0.2) is 0 Å². The summed E-state index contributed by atoms with van der Waals surface area (Å²) in [6, 6.07) is 1.15. The molecule has 2 fully saturated rings. The largest absolute Gasteiger partial charge is 0.337 e. The Bertz CT molecular complexity index is 325. The van der Waals surface area contributed by atoms with Crippen molar-refractivity contribution in [2.24, 2.45) is 5.92 Å². The Morgan fingerprint density at radius 3 is 2.24 bits per heavy atom. The first kappa shape index (κ1) is 16.8. The maximum absolute atomic E-state index is 12.7. The normalized spacial score (nSPS) is 22.5. The maximum Gasteiger partial charge on any atom is 0.237 e. The number of amides is 1. The molecule has 0 bridgehead atoms. The molecule has 1 saturated heterocycles. The fourth-order valence-corrected chi connectivity index (χ4v) is 3.54. The molecule has 1 atom stereocenters. The summed E-state index contributed by atoms with van der Waals surface area (Å²) in [5.74, 6) is 1.13. The van der Waals surface area contributed by atoms with Crippen LogP contribution >= 0.6 is 0 Å². The van der Waals surface area contributed by atoms with Gasteiger partial charge in [0.1, 0.15) is 0 Å². The summed E-state index contributed by atoms with van der Waals surface area (Å²) >= 11 is 0. The highest BCUT2D eigenvalue weighted by atomic mass is 16.2. The number of hydrogen-bond acceptors (Lipinski definition) is 3. The highest BCUT2D eigenvalue weighted by molar-refractivity contribution is 5.78. The molecule has 0 aromatic carbocycles. The van der Waals surface area contributed by atoms with Gasteiger partial charge in [-0.25, -0.2) is 0 Å². The zero-order chi connectivity index (χ0) is 15.4. The van der Waals surface area contributed by atoms with E-state index < -0.39 is 0 Å². The lowest BCUT2D eigenvalue weighted by molar-refractivity contribution is -0.136. The molecule has 1 N–H and O–H groups in total. The van der Waals surface area contributed by atoms with Gasteiger partial charge in [0.05, 0.1) is 6.54 Å². The van der Waals surface area contributed by atoms with Crippen LogP contribution in [-0.4, -0.2) is 60.0 Å². The van der Waals surface area contributed by atoms with Crippen molar-refractivity contribution >= 4 is 5.91 Å². The van der Waals surface area contributed by atoms with Crippen LogP contribution in [0.25, 0.3) is 0 Å². The van der Waals surface area contributed by atoms with E-state index in [0.717, 1.165) is 25.6 Å². The Hall–Kier alpha value is -0.610. The molecule has 2 rings (SSSR count). The lowest BCUT2D eigenvalue weighted by Gasteiger charge is -2.34. The highest BCUT2D eigenvalue weighted by Crippen LogP contribution is 2.30. The number of rotatable bonds is 8. The number of nitrogens with zero attached hydrogens (tertiary/aromatic N) is 2. The number of carbonyl (C=O) groups excluding carboxylic acids is 1. The SMILES string of the molecule is CC(C)N(C(=O)CN(CC1CC1)CC1CCCN1)C(C)C. The molecule has 2 aliphatic rings. The quantitative estimate of drug-likeness (QED) is 0.745. The second kappa shape index (κ2) is 7.59. The molecular formula is C17H33N3O. The summed E-state index contributed by atoms with van der Waals surface area (Å²) < 4.78 is 0. The summed E-state index contributed by atoms with van der Waals surface area (Å²) in [5.41, 5.74) is 0. The van der Waals surface area contributed by atoms with Crippen LogP contribution in [0, 0.1) is 5.92 Å². The van der Waals surface area contributed by atoms with E-state index in [1.165, 1.54) is 25.7 Å². The van der Waals surface area contributed by atoms with E-state index in [4.69, 9.17) is 0 Å². The van der Waals surface area contributed by atoms with Crippen LogP contribution < -0.4 is 5.32 Å². The minimum atomic E-state index is 0.282. The van der Waals surface area contributed by atoms with E-state index in [2.05, 4.69) is 37.9 Å². The van der Waals surface area contributed by atoms with E-state index in [1.54, 1.807) is 0 Å². The summed E-state index contributed by atoms with van der Waals surface area (Å²) in [6.07, 6.45) is 5.23. The lowest BCUT2D eigenvalue weighted by Crippen LogP contribution is -2.49. The number of hydrogen-bond donors (Lipinski definition) is 1. The lowest BCUT2D eigenvalue weighted by atomic mass is 10.2. The van der Waals surface area contributed by atoms with E-state index in [-0.39, 0.29) is 12.1 Å². The molecular weight excluding hydrogens is 262 g/mol. The number of carbonyl (C=O) groups is 1. The summed E-state index contributed by atoms with van der Waals surface area (Å²) in [7, 11) is 0. The van der Waals surface area contributed by atoms with Crippen LogP contribution in [0.5, 0.6) is 0 Å². The average Bonchev–Trinajstić information content (AvgIpc) is 3.02. The minimum absolute atomic E-state index is 0.282. The molecule has 1 unspecified atom stereocenters. The topological polar surface area (TPSA) is 35.6 Å². The van der Waals surface area contributed by atoms with Crippen molar-refractivity contribution in [2.75, 3.05) is 26.2 Å². The fourth-order valence-electron chi connectivity index (χ4n) is 3.54. The Labute approximate surface area is 130 Å². The Morgan fingerprint density at radius 2 is 1.76 bits per heavy atom. The van der Waals surface area contributed by atoms with Crippen LogP contribution in [0.1, 0.15) is 53.4 Å². The molecule has 122 valence electrons. The van der Waals surface area contributed by atoms with Gasteiger partial charge in [-0.05, 0) is 65.8 Å². The first-order valence-electron chi connectivity index (χ1n) is 8.74. The molecule has 1 aliphatic carbocycles. The van der Waals surface area contributed by atoms with Crippen molar-refractivity contribution in [3.05, 3.63) is 0 Å². The molecule has 0 aromatic heterocycles. The van der Waals surface area contributed by atoms with Crippen LogP contribution in [-0.2, 0) is 4.79 Å². The van der Waals surface area contributed by atoms with Gasteiger partial charge in [0.2, 0.25) is 5.91 Å². The summed E-state index contributed by atoms with van der Waals surface area (Å²) in [4.78, 5) is 17.1. The highest BCUT2D eigenvalue weighted by Gasteiger charge is 2.29. The van der Waals surface area contributed by atoms with Gasteiger partial charge in [-0.15, -0.1) is 0 Å². The Morgan fingerprint density at radius 1 is 1.10 bits per heavy atom. The molecule has 1 aliphatic heterocycles. The minimum Gasteiger partial charge on any atom is -0.337 e. The third-order valence-electron chi connectivity index (χ3n) is 4.61. The molecule has 21 heavy (non-hydrogen) atoms. The smallest absolute Gasteiger partial charge is 0.237 e. The first-order valence-corrected chi connectivity index (χ1v) is 8.74. The van der Waals surface area contributed by atoms with Crippen molar-refractivity contribution in [3.63, 3.8) is 0 Å². The van der Waals surface area contributed by atoms with Gasteiger partial charge in [-0.3, -0.25) is 9.69 Å². The average molecular weight is 295 g/mol. The van der Waals surface area contributed by atoms with Gasteiger partial charge in [0.25, 0.3) is 0 Å². The second-order valence-corrected chi connectivity index (χ2v) is 7.42. The van der Waals surface area contributed by atoms with E-state index >= 15 is 0 Å². The van der Waals surface area contributed by atoms with E-state index in [9.17, 15) is 4.79 Å². The molecule has 0 spiro atoms. The Kier molecular flexibility index (Phi) is 6.06. The van der Waals surface area contributed by atoms with Gasteiger partial charge in [0, 0.05) is 31.2 Å². The van der Waals surface area contributed by atoms with Gasteiger partial charge in [-0.2, -0.15) is 0 Å². The van der Waals surface area contributed by atoms with E-state index in [1.807, 2.05) is 4.90 Å². The summed E-state index contributed by atoms with van der Waals surface area (Å²) in [5, 5.41) is 3.56. The zero-order valence-corrected chi connectivity index (χ0v) is 14.3. The molecule has 0 aromatic rings. The predicted molar refractivity (Wildman–Crippen MR) is 87.3 cm³/mol. The Balaban J connectivity index is 1.90. The van der Waals surface area contributed by atoms with Gasteiger partial charge in [-0.1, -0.05) is 0 Å². The van der Waals surface area contributed by atoms with Crippen LogP contribution in [0.4, 0.5) is 0 Å². The third-order valence-corrected chi connectivity index (χ3v) is 4.61. The van der Waals surface area contributed by atoms with Crippen molar-refractivity contribution in [1.82, 2.24) is 15.1 Å². The predicted octanol–water partition coefficient (Wildman–Crippen LogP) is 2.10. The fraction of sp³-hybridized carbons (Fsp3) is 0.941. The van der Waals surface area contributed by atoms with Crippen molar-refractivity contribution in [3.8, 4) is 0 Å². The number of nitrogens with one attached hydrogen (secondary N) is 1. The molecule has 1 heterocycles. The van der Waals surface area contributed by atoms with Crippen LogP contribution in [0.2, 0.25) is 0 Å². The third kappa shape index (κ3) is 5.26. The van der Waals surface area contributed by atoms with Crippen LogP contribution in [0.15, 0.2) is 0 Å². The molecule has 4 heteroatoms. The van der Waals surface area contributed by atoms with Crippen molar-refractivity contribution < 1.29 is 4.79 Å². The monoisotopic (exact) mass is 295 g/mol. The zero-order valence-electron chi connectivity index (χ0n) is 14.3. The van der Waals surface area contributed by atoms with Gasteiger partial charge < -0.3 is 10.2 Å². The molecule has 1 saturated carbocycles. The van der Waals surface area contributed by atoms with Crippen molar-refractivity contribution in [2.45, 2.75) is 71.5 Å². The summed E-state index contributed by atoms with van der Waals surface area (Å²) in [6.45, 7) is 12.3. The van der Waals surface area contributed by atoms with Gasteiger partial charge >= 0.3 is 0 Å². The molecule has 1 amide bonds. The molecule has 0 radical (unpaired) electrons. The maximum atomic E-state index is 12.7. The standard InChI is InChI=1S/C17H33N3O/c1-13(2)20(14(3)4)17(21)12-19(10-15-7-8-15)11-16-6-5-9-18-16/h13-16,18H,5-12H2,1-4H3. The second-order valence-electron chi connectivity index (χ2n) is 7.42. The molecule has 4 nitrogen and oxygen atoms in total. The first-order chi connectivity index (χ1) is 9.97. The van der Waals surface area contributed by atoms with Crippen molar-refractivity contribution in [1.29, 1.82) is 0 Å². The van der Waals surface area contributed by atoms with E-state index in [0.29, 0.717) is 18.5 Å².